The van der Waals surface area contributed by atoms with Gasteiger partial charge in [-0.2, -0.15) is 5.26 Å². The summed E-state index contributed by atoms with van der Waals surface area (Å²) < 4.78 is 2.10. The molecule has 2 amide bonds. The predicted molar refractivity (Wildman–Crippen MR) is 131 cm³/mol. The third-order valence-corrected chi connectivity index (χ3v) is 7.53. The lowest BCUT2D eigenvalue weighted by Gasteiger charge is -2.25. The maximum absolute atomic E-state index is 13.1. The van der Waals surface area contributed by atoms with E-state index in [4.69, 9.17) is 0 Å². The molecule has 2 fully saturated rings. The van der Waals surface area contributed by atoms with Crippen molar-refractivity contribution in [2.24, 2.45) is 5.92 Å². The number of amides is 2. The summed E-state index contributed by atoms with van der Waals surface area (Å²) in [4.78, 5) is 27.6. The second-order valence-electron chi connectivity index (χ2n) is 8.79. The molecule has 2 aliphatic rings. The first-order valence-corrected chi connectivity index (χ1v) is 12.3. The standard InChI is InChI=1S/C27H25N3O2S/c28-15-20-10-4-5-11-21(20)17-29-18-22(23-12-6-7-13-24(23)29)14-25-26(31)30(27(32)33-25)16-19-8-2-1-3-9-19/h4-7,10-14,18-19H,1-3,8-9,16-17H2/b25-14+. The molecule has 1 aromatic heterocycles. The van der Waals surface area contributed by atoms with Crippen LogP contribution in [0.15, 0.2) is 59.6 Å². The van der Waals surface area contributed by atoms with Crippen molar-refractivity contribution in [1.29, 1.82) is 5.26 Å². The topological polar surface area (TPSA) is 66.1 Å². The van der Waals surface area contributed by atoms with Crippen LogP contribution < -0.4 is 0 Å². The summed E-state index contributed by atoms with van der Waals surface area (Å²) in [7, 11) is 0. The SMILES string of the molecule is N#Cc1ccccc1Cn1cc(/C=C2/SC(=O)N(CC3CCCCC3)C2=O)c2ccccc21. The molecule has 1 saturated carbocycles. The summed E-state index contributed by atoms with van der Waals surface area (Å²) in [5.74, 6) is 0.246. The van der Waals surface area contributed by atoms with Gasteiger partial charge in [0.05, 0.1) is 16.5 Å². The molecule has 6 heteroatoms. The van der Waals surface area contributed by atoms with E-state index in [-0.39, 0.29) is 11.1 Å². The Balaban J connectivity index is 1.45. The Bertz CT molecular complexity index is 1290. The zero-order chi connectivity index (χ0) is 22.8. The number of para-hydroxylation sites is 1. The van der Waals surface area contributed by atoms with Crippen molar-refractivity contribution in [3.63, 3.8) is 0 Å². The van der Waals surface area contributed by atoms with E-state index >= 15 is 0 Å². The van der Waals surface area contributed by atoms with Gasteiger partial charge in [0.2, 0.25) is 0 Å². The maximum Gasteiger partial charge on any atom is 0.293 e. The molecule has 5 rings (SSSR count). The number of nitriles is 1. The molecule has 0 bridgehead atoms. The van der Waals surface area contributed by atoms with Crippen LogP contribution in [-0.4, -0.2) is 27.2 Å². The molecule has 0 N–H and O–H groups in total. The van der Waals surface area contributed by atoms with Gasteiger partial charge in [-0.1, -0.05) is 55.7 Å². The molecule has 0 unspecified atom stereocenters. The highest BCUT2D eigenvalue weighted by Gasteiger charge is 2.36. The first kappa shape index (κ1) is 21.5. The Labute approximate surface area is 197 Å². The van der Waals surface area contributed by atoms with Gasteiger partial charge in [-0.25, -0.2) is 0 Å². The van der Waals surface area contributed by atoms with Crippen molar-refractivity contribution < 1.29 is 9.59 Å². The van der Waals surface area contributed by atoms with Crippen LogP contribution in [0.5, 0.6) is 0 Å². The zero-order valence-electron chi connectivity index (χ0n) is 18.4. The first-order valence-electron chi connectivity index (χ1n) is 11.5. The van der Waals surface area contributed by atoms with E-state index in [0.29, 0.717) is 29.5 Å². The lowest BCUT2D eigenvalue weighted by molar-refractivity contribution is -0.123. The molecule has 3 aromatic rings. The number of thioether (sulfide) groups is 1. The molecule has 1 saturated heterocycles. The average Bonchev–Trinajstić information content (AvgIpc) is 3.32. The summed E-state index contributed by atoms with van der Waals surface area (Å²) in [6.07, 6.45) is 9.67. The van der Waals surface area contributed by atoms with Crippen LogP contribution in [0.25, 0.3) is 17.0 Å². The minimum atomic E-state index is -0.178. The van der Waals surface area contributed by atoms with Gasteiger partial charge in [0.1, 0.15) is 0 Å². The van der Waals surface area contributed by atoms with E-state index in [9.17, 15) is 14.9 Å². The van der Waals surface area contributed by atoms with Gasteiger partial charge in [-0.15, -0.1) is 0 Å². The van der Waals surface area contributed by atoms with E-state index in [1.807, 2.05) is 60.8 Å². The van der Waals surface area contributed by atoms with Crippen LogP contribution >= 0.6 is 11.8 Å². The van der Waals surface area contributed by atoms with E-state index in [2.05, 4.69) is 10.6 Å². The van der Waals surface area contributed by atoms with Crippen molar-refractivity contribution in [3.8, 4) is 6.07 Å². The number of carbonyl (C=O) groups is 2. The van der Waals surface area contributed by atoms with Crippen molar-refractivity contribution in [3.05, 3.63) is 76.3 Å². The number of aromatic nitrogens is 1. The van der Waals surface area contributed by atoms with Crippen molar-refractivity contribution in [1.82, 2.24) is 9.47 Å². The molecule has 2 aromatic carbocycles. The molecule has 1 aliphatic heterocycles. The Morgan fingerprint density at radius 1 is 1.03 bits per heavy atom. The van der Waals surface area contributed by atoms with E-state index in [1.165, 1.54) is 24.2 Å². The number of carbonyl (C=O) groups excluding carboxylic acids is 2. The van der Waals surface area contributed by atoms with Crippen LogP contribution in [0.4, 0.5) is 4.79 Å². The van der Waals surface area contributed by atoms with Gasteiger partial charge in [0.25, 0.3) is 11.1 Å². The summed E-state index contributed by atoms with van der Waals surface area (Å²) in [5.41, 5.74) is 3.53. The minimum absolute atomic E-state index is 0.163. The molecule has 33 heavy (non-hydrogen) atoms. The van der Waals surface area contributed by atoms with E-state index < -0.39 is 0 Å². The van der Waals surface area contributed by atoms with Gasteiger partial charge in [-0.05, 0) is 54.3 Å². The lowest BCUT2D eigenvalue weighted by atomic mass is 9.89. The molecular weight excluding hydrogens is 430 g/mol. The fourth-order valence-electron chi connectivity index (χ4n) is 4.90. The number of hydrogen-bond acceptors (Lipinski definition) is 4. The van der Waals surface area contributed by atoms with Crippen molar-refractivity contribution in [2.75, 3.05) is 6.54 Å². The Morgan fingerprint density at radius 3 is 2.61 bits per heavy atom. The summed E-state index contributed by atoms with van der Waals surface area (Å²) in [6, 6.07) is 17.9. The molecule has 0 spiro atoms. The van der Waals surface area contributed by atoms with Gasteiger partial charge in [0.15, 0.2) is 0 Å². The molecule has 5 nitrogen and oxygen atoms in total. The van der Waals surface area contributed by atoms with Gasteiger partial charge in [0, 0.05) is 35.8 Å². The maximum atomic E-state index is 13.1. The fourth-order valence-corrected chi connectivity index (χ4v) is 5.74. The lowest BCUT2D eigenvalue weighted by Crippen LogP contribution is -2.34. The largest absolute Gasteiger partial charge is 0.342 e. The molecule has 1 aliphatic carbocycles. The van der Waals surface area contributed by atoms with Gasteiger partial charge >= 0.3 is 0 Å². The highest BCUT2D eigenvalue weighted by Crippen LogP contribution is 2.36. The van der Waals surface area contributed by atoms with Crippen LogP contribution in [0.2, 0.25) is 0 Å². The minimum Gasteiger partial charge on any atom is -0.342 e. The Kier molecular flexibility index (Phi) is 6.06. The number of nitrogens with zero attached hydrogens (tertiary/aromatic N) is 3. The smallest absolute Gasteiger partial charge is 0.293 e. The molecule has 0 radical (unpaired) electrons. The van der Waals surface area contributed by atoms with Crippen LogP contribution in [0, 0.1) is 17.2 Å². The molecule has 0 atom stereocenters. The highest BCUT2D eigenvalue weighted by atomic mass is 32.2. The highest BCUT2D eigenvalue weighted by molar-refractivity contribution is 8.18. The Morgan fingerprint density at radius 2 is 1.79 bits per heavy atom. The number of imide groups is 1. The third kappa shape index (κ3) is 4.34. The van der Waals surface area contributed by atoms with Crippen LogP contribution in [0.3, 0.4) is 0 Å². The number of rotatable bonds is 5. The third-order valence-electron chi connectivity index (χ3n) is 6.62. The second-order valence-corrected chi connectivity index (χ2v) is 9.79. The van der Waals surface area contributed by atoms with Gasteiger partial charge in [-0.3, -0.25) is 14.5 Å². The summed E-state index contributed by atoms with van der Waals surface area (Å²) in [6.45, 7) is 1.09. The Hall–Kier alpha value is -3.30. The summed E-state index contributed by atoms with van der Waals surface area (Å²) in [5, 5.41) is 10.3. The fraction of sp³-hybridized carbons (Fsp3) is 0.296. The quantitative estimate of drug-likeness (QED) is 0.431. The summed E-state index contributed by atoms with van der Waals surface area (Å²) >= 11 is 1.04. The number of fused-ring (bicyclic) bond motifs is 1. The normalized spacial score (nSPS) is 18.4. The number of benzene rings is 2. The van der Waals surface area contributed by atoms with Crippen LogP contribution in [-0.2, 0) is 11.3 Å². The second kappa shape index (κ2) is 9.29. The molecular formula is C27H25N3O2S. The predicted octanol–water partition coefficient (Wildman–Crippen LogP) is 6.18. The number of hydrogen-bond donors (Lipinski definition) is 0. The van der Waals surface area contributed by atoms with E-state index in [0.717, 1.165) is 46.6 Å². The van der Waals surface area contributed by atoms with Crippen molar-refractivity contribution >= 4 is 39.9 Å². The zero-order valence-corrected chi connectivity index (χ0v) is 19.2. The molecule has 2 heterocycles. The first-order chi connectivity index (χ1) is 16.1. The molecule has 166 valence electrons. The van der Waals surface area contributed by atoms with Gasteiger partial charge < -0.3 is 4.57 Å². The van der Waals surface area contributed by atoms with Crippen LogP contribution in [0.1, 0.15) is 48.8 Å². The monoisotopic (exact) mass is 455 g/mol. The average molecular weight is 456 g/mol. The van der Waals surface area contributed by atoms with E-state index in [1.54, 1.807) is 0 Å². The van der Waals surface area contributed by atoms with Crippen molar-refractivity contribution in [2.45, 2.75) is 38.6 Å².